The van der Waals surface area contributed by atoms with Gasteiger partial charge in [-0.3, -0.25) is 0 Å². The molecule has 98 valence electrons. The van der Waals surface area contributed by atoms with E-state index in [4.69, 9.17) is 0 Å². The Hall–Kier alpha value is 0.0400. The molecule has 0 radical (unpaired) electrons. The molecule has 0 aromatic carbocycles. The van der Waals surface area contributed by atoms with E-state index < -0.39 is 6.89 Å². The Balaban J connectivity index is 1.46. The summed E-state index contributed by atoms with van der Waals surface area (Å²) in [5, 5.41) is 0. The monoisotopic (exact) mass is 252 g/mol. The van der Waals surface area contributed by atoms with Crippen molar-refractivity contribution in [1.82, 2.24) is 0 Å². The lowest BCUT2D eigenvalue weighted by Crippen LogP contribution is -1.85. The second-order valence-corrected chi connectivity index (χ2v) is 10.00. The van der Waals surface area contributed by atoms with Crippen LogP contribution in [0, 0.1) is 0 Å². The van der Waals surface area contributed by atoms with E-state index in [1.807, 2.05) is 0 Å². The highest BCUT2D eigenvalue weighted by Gasteiger charge is 2.46. The molecule has 2 atom stereocenters. The largest absolute Gasteiger partial charge is 0.0967 e. The molecule has 2 unspecified atom stereocenters. The van der Waals surface area contributed by atoms with Crippen molar-refractivity contribution in [3.8, 4) is 0 Å². The van der Waals surface area contributed by atoms with Gasteiger partial charge in [0.15, 0.2) is 0 Å². The van der Waals surface area contributed by atoms with Gasteiger partial charge in [-0.2, -0.15) is 0 Å². The van der Waals surface area contributed by atoms with E-state index in [1.54, 1.807) is 17.9 Å². The lowest BCUT2D eigenvalue weighted by atomic mass is 10.1. The third-order valence-electron chi connectivity index (χ3n) is 4.59. The van der Waals surface area contributed by atoms with Crippen molar-refractivity contribution in [2.45, 2.75) is 70.9 Å². The van der Waals surface area contributed by atoms with Crippen molar-refractivity contribution in [3.05, 3.63) is 11.6 Å². The Morgan fingerprint density at radius 1 is 1.06 bits per heavy atom. The van der Waals surface area contributed by atoms with Crippen molar-refractivity contribution in [2.75, 3.05) is 12.3 Å². The van der Waals surface area contributed by atoms with Crippen LogP contribution in [-0.2, 0) is 0 Å². The summed E-state index contributed by atoms with van der Waals surface area (Å²) in [6.07, 6.45) is 17.3. The summed E-state index contributed by atoms with van der Waals surface area (Å²) < 4.78 is 0. The maximum atomic E-state index is 2.62. The van der Waals surface area contributed by atoms with Gasteiger partial charge in [0.1, 0.15) is 0 Å². The van der Waals surface area contributed by atoms with Gasteiger partial charge in [0.05, 0.1) is 0 Å². The number of fused-ring (bicyclic) bond motifs is 1. The average molecular weight is 252 g/mol. The van der Waals surface area contributed by atoms with Crippen LogP contribution < -0.4 is 0 Å². The lowest BCUT2D eigenvalue weighted by Gasteiger charge is -2.05. The zero-order valence-electron chi connectivity index (χ0n) is 11.8. The normalized spacial score (nSPS) is 29.8. The van der Waals surface area contributed by atoms with Crippen LogP contribution in [0.3, 0.4) is 0 Å². The maximum Gasteiger partial charge on any atom is 0.00393 e. The summed E-state index contributed by atoms with van der Waals surface area (Å²) in [6, 6.07) is 0. The van der Waals surface area contributed by atoms with Gasteiger partial charge in [-0.05, 0) is 25.7 Å². The van der Waals surface area contributed by atoms with Gasteiger partial charge in [-0.1, -0.05) is 76.2 Å². The minimum absolute atomic E-state index is 0.493. The molecule has 0 aliphatic carbocycles. The van der Waals surface area contributed by atoms with Crippen LogP contribution in [-0.4, -0.2) is 23.8 Å². The van der Waals surface area contributed by atoms with Crippen LogP contribution in [0.25, 0.3) is 0 Å². The van der Waals surface area contributed by atoms with Crippen molar-refractivity contribution >= 4 is 12.7 Å². The molecular formula is C16H29P. The predicted molar refractivity (Wildman–Crippen MR) is 82.9 cm³/mol. The number of hydrogen-bond donors (Lipinski definition) is 0. The first-order valence-corrected chi connectivity index (χ1v) is 9.97. The summed E-state index contributed by atoms with van der Waals surface area (Å²) in [5.41, 5.74) is 2.75. The van der Waals surface area contributed by atoms with Crippen molar-refractivity contribution in [3.63, 3.8) is 0 Å². The predicted octanol–water partition coefficient (Wildman–Crippen LogP) is 5.29. The Bertz CT molecular complexity index is 324. The van der Waals surface area contributed by atoms with Crippen molar-refractivity contribution in [2.24, 2.45) is 0 Å². The molecule has 0 aromatic rings. The summed E-state index contributed by atoms with van der Waals surface area (Å²) in [4.78, 5) is 0. The van der Waals surface area contributed by atoms with Gasteiger partial charge < -0.3 is 0 Å². The fraction of sp³-hybridized carbons (Fsp3) is 0.812. The van der Waals surface area contributed by atoms with Crippen molar-refractivity contribution < 1.29 is 0 Å². The van der Waals surface area contributed by atoms with Gasteiger partial charge in [0, 0.05) is 5.66 Å². The minimum Gasteiger partial charge on any atom is -0.0967 e. The van der Waals surface area contributed by atoms with Crippen molar-refractivity contribution in [1.29, 1.82) is 0 Å². The zero-order valence-corrected chi connectivity index (χ0v) is 12.6. The first kappa shape index (κ1) is 13.5. The first-order valence-electron chi connectivity index (χ1n) is 7.67. The highest BCUT2D eigenvalue weighted by molar-refractivity contribution is 7.83. The standard InChI is InChI=1S/C16H29P/c1-3-4-5-6-7-8-9-10-12-17-13-11-15(2)16(17)14-17/h11,13,16H,3-10,12,14H2,1-2H3. The first-order chi connectivity index (χ1) is 8.28. The SMILES string of the molecule is CCCCCCCCCCP12=CC=C(C)C1C2. The molecule has 0 spiro atoms. The van der Waals surface area contributed by atoms with Crippen LogP contribution in [0.15, 0.2) is 11.6 Å². The topological polar surface area (TPSA) is 0 Å². The molecule has 2 aliphatic heterocycles. The molecule has 0 nitrogen and oxygen atoms in total. The molecule has 0 saturated carbocycles. The van der Waals surface area contributed by atoms with Gasteiger partial charge in [0.25, 0.3) is 0 Å². The molecule has 2 rings (SSSR count). The molecular weight excluding hydrogens is 223 g/mol. The van der Waals surface area contributed by atoms with E-state index in [1.165, 1.54) is 51.4 Å². The molecule has 0 bridgehead atoms. The van der Waals surface area contributed by atoms with Crippen LogP contribution >= 0.6 is 6.89 Å². The van der Waals surface area contributed by atoms with Crippen LogP contribution in [0.1, 0.15) is 65.2 Å². The molecule has 2 heterocycles. The molecule has 0 amide bonds. The number of allylic oxidation sites excluding steroid dienone is 2. The van der Waals surface area contributed by atoms with Gasteiger partial charge in [-0.25, -0.2) is 0 Å². The fourth-order valence-corrected chi connectivity index (χ4v) is 7.91. The highest BCUT2D eigenvalue weighted by atomic mass is 31.2. The third kappa shape index (κ3) is 3.50. The van der Waals surface area contributed by atoms with E-state index in [9.17, 15) is 0 Å². The second-order valence-electron chi connectivity index (χ2n) is 6.06. The molecule has 1 fully saturated rings. The summed E-state index contributed by atoms with van der Waals surface area (Å²) in [5.74, 6) is 2.62. The molecule has 0 N–H and O–H groups in total. The van der Waals surface area contributed by atoms with Gasteiger partial charge >= 0.3 is 0 Å². The molecule has 1 saturated heterocycles. The number of hydrogen-bond acceptors (Lipinski definition) is 0. The van der Waals surface area contributed by atoms with E-state index in [-0.39, 0.29) is 0 Å². The fourth-order valence-electron chi connectivity index (χ4n) is 3.23. The quantitative estimate of drug-likeness (QED) is 0.386. The summed E-state index contributed by atoms with van der Waals surface area (Å²) in [7, 11) is 0. The number of unbranched alkanes of at least 4 members (excludes halogenated alkanes) is 7. The Morgan fingerprint density at radius 3 is 2.24 bits per heavy atom. The van der Waals surface area contributed by atoms with E-state index >= 15 is 0 Å². The van der Waals surface area contributed by atoms with Gasteiger partial charge in [0.2, 0.25) is 0 Å². The Kier molecular flexibility index (Phi) is 4.97. The molecule has 2 aliphatic rings. The maximum absolute atomic E-state index is 2.62. The highest BCUT2D eigenvalue weighted by Crippen LogP contribution is 2.73. The van der Waals surface area contributed by atoms with E-state index in [2.05, 4.69) is 25.7 Å². The summed E-state index contributed by atoms with van der Waals surface area (Å²) in [6.45, 7) is 4.14. The Morgan fingerprint density at radius 2 is 1.71 bits per heavy atom. The zero-order chi connectivity index (χ0) is 12.1. The number of rotatable bonds is 9. The third-order valence-corrected chi connectivity index (χ3v) is 8.89. The second kappa shape index (κ2) is 6.28. The lowest BCUT2D eigenvalue weighted by molar-refractivity contribution is 0.586. The summed E-state index contributed by atoms with van der Waals surface area (Å²) >= 11 is 0. The van der Waals surface area contributed by atoms with Crippen LogP contribution in [0.5, 0.6) is 0 Å². The molecule has 1 heteroatoms. The smallest absolute Gasteiger partial charge is 0.00393 e. The Labute approximate surface area is 108 Å². The van der Waals surface area contributed by atoms with Crippen LogP contribution in [0.2, 0.25) is 0 Å². The van der Waals surface area contributed by atoms with E-state index in [0.717, 1.165) is 5.66 Å². The van der Waals surface area contributed by atoms with E-state index in [0.29, 0.717) is 0 Å². The average Bonchev–Trinajstić information content (AvgIpc) is 2.97. The molecule has 0 aromatic heterocycles. The van der Waals surface area contributed by atoms with Crippen LogP contribution in [0.4, 0.5) is 0 Å². The van der Waals surface area contributed by atoms with Gasteiger partial charge in [-0.15, -0.1) is 0 Å². The minimum atomic E-state index is -0.493. The molecule has 17 heavy (non-hydrogen) atoms.